The molecular weight excluding hydrogens is 282 g/mol. The van der Waals surface area contributed by atoms with Crippen LogP contribution in [0.4, 0.5) is 0 Å². The van der Waals surface area contributed by atoms with E-state index in [1.165, 1.54) is 5.56 Å². The smallest absolute Gasteiger partial charge is 0.128 e. The molecule has 1 aromatic carbocycles. The number of imidazole rings is 1. The molecule has 0 N–H and O–H groups in total. The lowest BCUT2D eigenvalue weighted by Gasteiger charge is -2.18. The van der Waals surface area contributed by atoms with E-state index in [0.717, 1.165) is 22.4 Å². The number of pyridine rings is 1. The molecule has 0 saturated heterocycles. The minimum Gasteiger partial charge on any atom is -0.319 e. The third kappa shape index (κ3) is 2.54. The lowest BCUT2D eigenvalue weighted by Crippen LogP contribution is -2.11. The fourth-order valence-electron chi connectivity index (χ4n) is 2.69. The molecule has 2 atom stereocenters. The Morgan fingerprint density at radius 2 is 2.00 bits per heavy atom. The second kappa shape index (κ2) is 5.49. The summed E-state index contributed by atoms with van der Waals surface area (Å²) in [4.78, 5) is 8.95. The summed E-state index contributed by atoms with van der Waals surface area (Å²) in [5, 5.41) is -0.142. The first-order chi connectivity index (χ1) is 10.1. The molecule has 0 aliphatic rings. The van der Waals surface area contributed by atoms with E-state index in [1.807, 2.05) is 19.2 Å². The molecule has 108 valence electrons. The predicted molar refractivity (Wildman–Crippen MR) is 86.8 cm³/mol. The van der Waals surface area contributed by atoms with Crippen LogP contribution < -0.4 is 0 Å². The Labute approximate surface area is 129 Å². The van der Waals surface area contributed by atoms with E-state index >= 15 is 0 Å². The SMILES string of the molecule is Cc1ccc2c(c1)nc(C(C)Cl)n2C(C)c1cccnc1. The molecule has 2 unspecified atom stereocenters. The highest BCUT2D eigenvalue weighted by atomic mass is 35.5. The molecule has 4 heteroatoms. The average Bonchev–Trinajstić information content (AvgIpc) is 2.86. The Morgan fingerprint density at radius 1 is 1.19 bits per heavy atom. The van der Waals surface area contributed by atoms with Gasteiger partial charge in [-0.3, -0.25) is 4.98 Å². The summed E-state index contributed by atoms with van der Waals surface area (Å²) in [5.74, 6) is 0.897. The molecule has 3 nitrogen and oxygen atoms in total. The van der Waals surface area contributed by atoms with Gasteiger partial charge in [-0.1, -0.05) is 12.1 Å². The Morgan fingerprint density at radius 3 is 2.67 bits per heavy atom. The van der Waals surface area contributed by atoms with Crippen molar-refractivity contribution in [3.8, 4) is 0 Å². The molecule has 3 rings (SSSR count). The summed E-state index contributed by atoms with van der Waals surface area (Å²) >= 11 is 6.35. The number of hydrogen-bond acceptors (Lipinski definition) is 2. The van der Waals surface area contributed by atoms with Crippen LogP contribution >= 0.6 is 11.6 Å². The molecule has 3 aromatic rings. The van der Waals surface area contributed by atoms with Gasteiger partial charge in [-0.15, -0.1) is 11.6 Å². The average molecular weight is 300 g/mol. The summed E-state index contributed by atoms with van der Waals surface area (Å²) in [6, 6.07) is 10.5. The van der Waals surface area contributed by atoms with Gasteiger partial charge in [0, 0.05) is 12.4 Å². The van der Waals surface area contributed by atoms with Crippen LogP contribution in [-0.4, -0.2) is 14.5 Å². The van der Waals surface area contributed by atoms with Crippen LogP contribution in [0.2, 0.25) is 0 Å². The fraction of sp³-hybridized carbons (Fsp3) is 0.294. The first kappa shape index (κ1) is 14.1. The van der Waals surface area contributed by atoms with Gasteiger partial charge in [0.15, 0.2) is 0 Å². The fourth-order valence-corrected chi connectivity index (χ4v) is 2.84. The molecule has 0 aliphatic carbocycles. The van der Waals surface area contributed by atoms with Crippen molar-refractivity contribution < 1.29 is 0 Å². The molecule has 0 amide bonds. The van der Waals surface area contributed by atoms with Crippen LogP contribution in [0.15, 0.2) is 42.7 Å². The van der Waals surface area contributed by atoms with E-state index in [1.54, 1.807) is 6.20 Å². The van der Waals surface area contributed by atoms with E-state index in [9.17, 15) is 0 Å². The zero-order valence-corrected chi connectivity index (χ0v) is 13.2. The van der Waals surface area contributed by atoms with E-state index in [-0.39, 0.29) is 11.4 Å². The quantitative estimate of drug-likeness (QED) is 0.659. The van der Waals surface area contributed by atoms with Crippen molar-refractivity contribution in [1.29, 1.82) is 0 Å². The number of fused-ring (bicyclic) bond motifs is 1. The molecule has 2 aromatic heterocycles. The normalized spacial score (nSPS) is 14.3. The number of alkyl halides is 1. The van der Waals surface area contributed by atoms with Gasteiger partial charge in [0.25, 0.3) is 0 Å². The molecular formula is C17H18ClN3. The molecule has 0 bridgehead atoms. The van der Waals surface area contributed by atoms with Crippen molar-refractivity contribution in [1.82, 2.24) is 14.5 Å². The van der Waals surface area contributed by atoms with Gasteiger partial charge >= 0.3 is 0 Å². The second-order valence-corrected chi connectivity index (χ2v) is 6.07. The second-order valence-electron chi connectivity index (χ2n) is 5.41. The van der Waals surface area contributed by atoms with Crippen molar-refractivity contribution >= 4 is 22.6 Å². The van der Waals surface area contributed by atoms with E-state index < -0.39 is 0 Å². The van der Waals surface area contributed by atoms with E-state index in [0.29, 0.717) is 0 Å². The summed E-state index contributed by atoms with van der Waals surface area (Å²) in [7, 11) is 0. The third-order valence-electron chi connectivity index (χ3n) is 3.78. The van der Waals surface area contributed by atoms with Crippen molar-refractivity contribution in [3.63, 3.8) is 0 Å². The number of aryl methyl sites for hydroxylation is 1. The van der Waals surface area contributed by atoms with Crippen LogP contribution in [0.1, 0.15) is 42.2 Å². The molecule has 0 radical (unpaired) electrons. The Balaban J connectivity index is 2.22. The summed E-state index contributed by atoms with van der Waals surface area (Å²) < 4.78 is 2.21. The van der Waals surface area contributed by atoms with Crippen LogP contribution in [0.3, 0.4) is 0 Å². The monoisotopic (exact) mass is 299 g/mol. The number of halogens is 1. The first-order valence-electron chi connectivity index (χ1n) is 7.10. The molecule has 0 saturated carbocycles. The summed E-state index contributed by atoms with van der Waals surface area (Å²) in [6.07, 6.45) is 3.68. The molecule has 0 spiro atoms. The molecule has 0 aliphatic heterocycles. The van der Waals surface area contributed by atoms with Crippen molar-refractivity contribution in [3.05, 3.63) is 59.7 Å². The number of hydrogen-bond donors (Lipinski definition) is 0. The number of aromatic nitrogens is 3. The maximum absolute atomic E-state index is 6.35. The van der Waals surface area contributed by atoms with Crippen molar-refractivity contribution in [2.45, 2.75) is 32.2 Å². The zero-order chi connectivity index (χ0) is 15.0. The van der Waals surface area contributed by atoms with E-state index in [2.05, 4.69) is 47.7 Å². The van der Waals surface area contributed by atoms with Crippen molar-refractivity contribution in [2.24, 2.45) is 0 Å². The van der Waals surface area contributed by atoms with Gasteiger partial charge < -0.3 is 4.57 Å². The van der Waals surface area contributed by atoms with Crippen LogP contribution in [0.25, 0.3) is 11.0 Å². The van der Waals surface area contributed by atoms with E-state index in [4.69, 9.17) is 16.6 Å². The minimum absolute atomic E-state index is 0.141. The predicted octanol–water partition coefficient (Wildman–Crippen LogP) is 4.65. The lowest BCUT2D eigenvalue weighted by molar-refractivity contribution is 0.616. The number of rotatable bonds is 3. The highest BCUT2D eigenvalue weighted by Gasteiger charge is 2.20. The standard InChI is InChI=1S/C17H18ClN3/c1-11-6-7-16-15(9-11)20-17(12(2)18)21(16)13(3)14-5-4-8-19-10-14/h4-10,12-13H,1-3H3. The lowest BCUT2D eigenvalue weighted by atomic mass is 10.1. The highest BCUT2D eigenvalue weighted by Crippen LogP contribution is 2.31. The van der Waals surface area contributed by atoms with Crippen LogP contribution in [0, 0.1) is 6.92 Å². The first-order valence-corrected chi connectivity index (χ1v) is 7.54. The summed E-state index contributed by atoms with van der Waals surface area (Å²) in [5.41, 5.74) is 4.46. The molecule has 0 fully saturated rings. The zero-order valence-electron chi connectivity index (χ0n) is 12.4. The van der Waals surface area contributed by atoms with Gasteiger partial charge in [-0.25, -0.2) is 4.98 Å². The Hall–Kier alpha value is -1.87. The maximum Gasteiger partial charge on any atom is 0.128 e. The number of benzene rings is 1. The topological polar surface area (TPSA) is 30.7 Å². The summed E-state index contributed by atoms with van der Waals surface area (Å²) in [6.45, 7) is 6.19. The molecule has 21 heavy (non-hydrogen) atoms. The van der Waals surface area contributed by atoms with Gasteiger partial charge in [-0.2, -0.15) is 0 Å². The van der Waals surface area contributed by atoms with Crippen LogP contribution in [-0.2, 0) is 0 Å². The van der Waals surface area contributed by atoms with Crippen molar-refractivity contribution in [2.75, 3.05) is 0 Å². The van der Waals surface area contributed by atoms with Gasteiger partial charge in [0.1, 0.15) is 5.82 Å². The van der Waals surface area contributed by atoms with Gasteiger partial charge in [0.05, 0.1) is 22.5 Å². The molecule has 2 heterocycles. The largest absolute Gasteiger partial charge is 0.319 e. The Bertz CT molecular complexity index is 762. The maximum atomic E-state index is 6.35. The van der Waals surface area contributed by atoms with Crippen LogP contribution in [0.5, 0.6) is 0 Å². The highest BCUT2D eigenvalue weighted by molar-refractivity contribution is 6.20. The third-order valence-corrected chi connectivity index (χ3v) is 3.98. The Kier molecular flexibility index (Phi) is 3.68. The number of nitrogens with zero attached hydrogens (tertiary/aromatic N) is 3. The minimum atomic E-state index is -0.142. The van der Waals surface area contributed by atoms with Gasteiger partial charge in [-0.05, 0) is 50.1 Å². The van der Waals surface area contributed by atoms with Gasteiger partial charge in [0.2, 0.25) is 0 Å².